The first kappa shape index (κ1) is 15.9. The number of nitrogens with one attached hydrogen (secondary N) is 1. The van der Waals surface area contributed by atoms with E-state index in [1.807, 2.05) is 7.05 Å². The summed E-state index contributed by atoms with van der Waals surface area (Å²) in [6.07, 6.45) is 5.23. The van der Waals surface area contributed by atoms with E-state index in [4.69, 9.17) is 0 Å². The van der Waals surface area contributed by atoms with Crippen LogP contribution in [0.3, 0.4) is 0 Å². The Labute approximate surface area is 103 Å². The quantitative estimate of drug-likeness (QED) is 0.578. The Bertz CT molecular complexity index is 144. The Hall–Kier alpha value is -0.0800. The molecule has 0 amide bonds. The largest absolute Gasteiger partial charge is 0.320 e. The summed E-state index contributed by atoms with van der Waals surface area (Å²) in [6.45, 7) is 12.9. The summed E-state index contributed by atoms with van der Waals surface area (Å²) in [5, 5.41) is 3.22. The third kappa shape index (κ3) is 6.49. The summed E-state index contributed by atoms with van der Waals surface area (Å²) in [4.78, 5) is 2.65. The molecular formula is C14H32N2. The van der Waals surface area contributed by atoms with Crippen LogP contribution in [0.5, 0.6) is 0 Å². The van der Waals surface area contributed by atoms with Crippen molar-refractivity contribution in [2.45, 2.75) is 59.4 Å². The zero-order chi connectivity index (χ0) is 12.4. The molecule has 0 fully saturated rings. The van der Waals surface area contributed by atoms with E-state index in [-0.39, 0.29) is 0 Å². The number of hydrogen-bond donors (Lipinski definition) is 1. The van der Waals surface area contributed by atoms with E-state index in [0.717, 1.165) is 18.5 Å². The Balaban J connectivity index is 3.94. The first-order chi connectivity index (χ1) is 7.69. The van der Waals surface area contributed by atoms with Crippen LogP contribution in [-0.4, -0.2) is 37.6 Å². The number of rotatable bonds is 10. The van der Waals surface area contributed by atoms with Gasteiger partial charge in [-0.25, -0.2) is 0 Å². The van der Waals surface area contributed by atoms with Crippen molar-refractivity contribution in [3.05, 3.63) is 0 Å². The Morgan fingerprint density at radius 3 is 2.19 bits per heavy atom. The molecule has 0 saturated carbocycles. The van der Waals surface area contributed by atoms with Crippen molar-refractivity contribution in [1.29, 1.82) is 0 Å². The van der Waals surface area contributed by atoms with Crippen molar-refractivity contribution < 1.29 is 0 Å². The minimum absolute atomic E-state index is 0.735. The molecule has 16 heavy (non-hydrogen) atoms. The van der Waals surface area contributed by atoms with Gasteiger partial charge in [0, 0.05) is 12.6 Å². The molecule has 0 spiro atoms. The third-order valence-corrected chi connectivity index (χ3v) is 3.73. The molecule has 1 unspecified atom stereocenters. The zero-order valence-electron chi connectivity index (χ0n) is 12.1. The summed E-state index contributed by atoms with van der Waals surface area (Å²) in [7, 11) is 2.03. The van der Waals surface area contributed by atoms with Gasteiger partial charge in [-0.15, -0.1) is 0 Å². The van der Waals surface area contributed by atoms with Crippen molar-refractivity contribution in [3.63, 3.8) is 0 Å². The Morgan fingerprint density at radius 2 is 1.75 bits per heavy atom. The second-order valence-electron chi connectivity index (χ2n) is 4.86. The predicted octanol–water partition coefficient (Wildman–Crippen LogP) is 3.13. The lowest BCUT2D eigenvalue weighted by Gasteiger charge is -2.31. The van der Waals surface area contributed by atoms with Gasteiger partial charge in [-0.1, -0.05) is 33.6 Å². The zero-order valence-corrected chi connectivity index (χ0v) is 12.1. The van der Waals surface area contributed by atoms with Crippen molar-refractivity contribution in [2.75, 3.05) is 26.7 Å². The van der Waals surface area contributed by atoms with Gasteiger partial charge >= 0.3 is 0 Å². The fraction of sp³-hybridized carbons (Fsp3) is 1.00. The van der Waals surface area contributed by atoms with Gasteiger partial charge in [-0.2, -0.15) is 0 Å². The lowest BCUT2D eigenvalue weighted by Crippen LogP contribution is -2.37. The van der Waals surface area contributed by atoms with E-state index in [0.29, 0.717) is 0 Å². The van der Waals surface area contributed by atoms with E-state index in [9.17, 15) is 0 Å². The molecule has 98 valence electrons. The maximum Gasteiger partial charge on any atom is 0.00674 e. The highest BCUT2D eigenvalue weighted by atomic mass is 15.1. The first-order valence-corrected chi connectivity index (χ1v) is 7.08. The molecule has 2 nitrogen and oxygen atoms in total. The maximum absolute atomic E-state index is 3.22. The SMILES string of the molecule is CCC(CC)CN(CC)C(C)CCCNC. The molecule has 0 rings (SSSR count). The van der Waals surface area contributed by atoms with Gasteiger partial charge < -0.3 is 10.2 Å². The standard InChI is InChI=1S/C14H32N2/c1-6-14(7-2)12-16(8-3)13(4)10-9-11-15-5/h13-15H,6-12H2,1-5H3. The van der Waals surface area contributed by atoms with E-state index < -0.39 is 0 Å². The van der Waals surface area contributed by atoms with Gasteiger partial charge in [0.1, 0.15) is 0 Å². The molecule has 0 aromatic heterocycles. The van der Waals surface area contributed by atoms with Crippen LogP contribution in [0.4, 0.5) is 0 Å². The predicted molar refractivity (Wildman–Crippen MR) is 73.9 cm³/mol. The summed E-state index contributed by atoms with van der Waals surface area (Å²) >= 11 is 0. The molecule has 0 heterocycles. The van der Waals surface area contributed by atoms with Gasteiger partial charge in [-0.3, -0.25) is 0 Å². The van der Waals surface area contributed by atoms with Crippen molar-refractivity contribution in [3.8, 4) is 0 Å². The normalized spacial score (nSPS) is 13.7. The van der Waals surface area contributed by atoms with Crippen LogP contribution in [0.1, 0.15) is 53.4 Å². The highest BCUT2D eigenvalue weighted by molar-refractivity contribution is 4.70. The number of hydrogen-bond acceptors (Lipinski definition) is 2. The Morgan fingerprint density at radius 1 is 1.12 bits per heavy atom. The van der Waals surface area contributed by atoms with Gasteiger partial charge in [-0.05, 0) is 45.8 Å². The maximum atomic E-state index is 3.22. The average molecular weight is 228 g/mol. The molecule has 0 aliphatic rings. The lowest BCUT2D eigenvalue weighted by molar-refractivity contribution is 0.171. The van der Waals surface area contributed by atoms with Crippen LogP contribution in [0.25, 0.3) is 0 Å². The second-order valence-corrected chi connectivity index (χ2v) is 4.86. The fourth-order valence-corrected chi connectivity index (χ4v) is 2.26. The van der Waals surface area contributed by atoms with Gasteiger partial charge in [0.25, 0.3) is 0 Å². The van der Waals surface area contributed by atoms with E-state index in [1.54, 1.807) is 0 Å². The van der Waals surface area contributed by atoms with Gasteiger partial charge in [0.15, 0.2) is 0 Å². The summed E-state index contributed by atoms with van der Waals surface area (Å²) in [6, 6.07) is 0.735. The van der Waals surface area contributed by atoms with E-state index >= 15 is 0 Å². The molecule has 1 N–H and O–H groups in total. The molecule has 0 saturated heterocycles. The highest BCUT2D eigenvalue weighted by Gasteiger charge is 2.15. The van der Waals surface area contributed by atoms with Crippen LogP contribution < -0.4 is 5.32 Å². The molecule has 0 aromatic carbocycles. The van der Waals surface area contributed by atoms with E-state index in [1.165, 1.54) is 38.8 Å². The van der Waals surface area contributed by atoms with Crippen molar-refractivity contribution >= 4 is 0 Å². The summed E-state index contributed by atoms with van der Waals surface area (Å²) in [5.74, 6) is 0.881. The summed E-state index contributed by atoms with van der Waals surface area (Å²) in [5.41, 5.74) is 0. The molecule has 1 atom stereocenters. The average Bonchev–Trinajstić information content (AvgIpc) is 2.31. The highest BCUT2D eigenvalue weighted by Crippen LogP contribution is 2.14. The third-order valence-electron chi connectivity index (χ3n) is 3.73. The molecular weight excluding hydrogens is 196 g/mol. The number of nitrogens with zero attached hydrogens (tertiary/aromatic N) is 1. The summed E-state index contributed by atoms with van der Waals surface area (Å²) < 4.78 is 0. The monoisotopic (exact) mass is 228 g/mol. The van der Waals surface area contributed by atoms with Crippen LogP contribution in [0.15, 0.2) is 0 Å². The van der Waals surface area contributed by atoms with Crippen LogP contribution in [0.2, 0.25) is 0 Å². The topological polar surface area (TPSA) is 15.3 Å². The molecule has 0 aromatic rings. The smallest absolute Gasteiger partial charge is 0.00674 e. The van der Waals surface area contributed by atoms with Crippen LogP contribution >= 0.6 is 0 Å². The van der Waals surface area contributed by atoms with Crippen LogP contribution in [-0.2, 0) is 0 Å². The lowest BCUT2D eigenvalue weighted by atomic mass is 10.0. The molecule has 0 aliphatic carbocycles. The molecule has 0 bridgehead atoms. The first-order valence-electron chi connectivity index (χ1n) is 7.08. The van der Waals surface area contributed by atoms with Crippen molar-refractivity contribution in [2.24, 2.45) is 5.92 Å². The minimum atomic E-state index is 0.735. The minimum Gasteiger partial charge on any atom is -0.320 e. The second kappa shape index (κ2) is 10.1. The van der Waals surface area contributed by atoms with Gasteiger partial charge in [0.2, 0.25) is 0 Å². The van der Waals surface area contributed by atoms with Crippen molar-refractivity contribution in [1.82, 2.24) is 10.2 Å². The molecule has 2 heteroatoms. The molecule has 0 radical (unpaired) electrons. The Kier molecular flexibility index (Phi) is 10.0. The van der Waals surface area contributed by atoms with Gasteiger partial charge in [0.05, 0.1) is 0 Å². The van der Waals surface area contributed by atoms with E-state index in [2.05, 4.69) is 37.9 Å². The van der Waals surface area contributed by atoms with Crippen LogP contribution in [0, 0.1) is 5.92 Å². The molecule has 0 aliphatic heterocycles. The fourth-order valence-electron chi connectivity index (χ4n) is 2.26.